The number of nitrogens with zero attached hydrogens (tertiary/aromatic N) is 1. The van der Waals surface area contributed by atoms with E-state index in [9.17, 15) is 8.42 Å². The number of hydrogen-bond donors (Lipinski definition) is 1. The first kappa shape index (κ1) is 18.9. The average Bonchev–Trinajstić information content (AvgIpc) is 2.70. The van der Waals surface area contributed by atoms with E-state index in [1.807, 2.05) is 55.5 Å². The van der Waals surface area contributed by atoms with Gasteiger partial charge in [-0.1, -0.05) is 78.4 Å². The van der Waals surface area contributed by atoms with Gasteiger partial charge in [0.25, 0.3) is 10.0 Å². The Morgan fingerprint density at radius 3 is 2.07 bits per heavy atom. The number of nitrogens with one attached hydrogen (secondary N) is 1. The molecule has 27 heavy (non-hydrogen) atoms. The number of hydrogen-bond acceptors (Lipinski definition) is 3. The van der Waals surface area contributed by atoms with E-state index in [-0.39, 0.29) is 4.90 Å². The highest BCUT2D eigenvalue weighted by molar-refractivity contribution is 7.89. The maximum atomic E-state index is 12.5. The average molecular weight is 378 g/mol. The van der Waals surface area contributed by atoms with Gasteiger partial charge in [-0.3, -0.25) is 0 Å². The number of sulfonamides is 1. The Kier molecular flexibility index (Phi) is 6.04. The Labute approximate surface area is 160 Å². The number of benzene rings is 3. The van der Waals surface area contributed by atoms with E-state index in [1.54, 1.807) is 24.3 Å². The topological polar surface area (TPSA) is 58.5 Å². The van der Waals surface area contributed by atoms with Crippen LogP contribution >= 0.6 is 0 Å². The van der Waals surface area contributed by atoms with Crippen LogP contribution in [0.5, 0.6) is 0 Å². The van der Waals surface area contributed by atoms with Crippen LogP contribution in [0.2, 0.25) is 0 Å². The van der Waals surface area contributed by atoms with Crippen molar-refractivity contribution in [2.24, 2.45) is 5.10 Å². The molecule has 3 rings (SSSR count). The minimum absolute atomic E-state index is 0.201. The first-order chi connectivity index (χ1) is 13.0. The number of aryl methyl sites for hydroxylation is 2. The SMILES string of the molecule is Cc1ccc(S(=O)(=O)NN=C(CCc2ccccc2)c2ccccc2)cc1. The quantitative estimate of drug-likeness (QED) is 0.492. The van der Waals surface area contributed by atoms with E-state index in [1.165, 1.54) is 5.56 Å². The summed E-state index contributed by atoms with van der Waals surface area (Å²) in [6, 6.07) is 26.4. The van der Waals surface area contributed by atoms with Gasteiger partial charge in [0.05, 0.1) is 10.6 Å². The summed E-state index contributed by atoms with van der Waals surface area (Å²) >= 11 is 0. The summed E-state index contributed by atoms with van der Waals surface area (Å²) in [5.74, 6) is 0. The summed E-state index contributed by atoms with van der Waals surface area (Å²) in [4.78, 5) is 2.59. The summed E-state index contributed by atoms with van der Waals surface area (Å²) in [6.45, 7) is 1.92. The highest BCUT2D eigenvalue weighted by Gasteiger charge is 2.13. The fourth-order valence-electron chi connectivity index (χ4n) is 2.69. The molecular formula is C22H22N2O2S. The smallest absolute Gasteiger partial charge is 0.200 e. The van der Waals surface area contributed by atoms with Crippen LogP contribution in [0.15, 0.2) is 94.9 Å². The van der Waals surface area contributed by atoms with Crippen LogP contribution in [0.3, 0.4) is 0 Å². The van der Waals surface area contributed by atoms with Crippen molar-refractivity contribution >= 4 is 15.7 Å². The second-order valence-corrected chi connectivity index (χ2v) is 7.98. The van der Waals surface area contributed by atoms with Gasteiger partial charge >= 0.3 is 0 Å². The lowest BCUT2D eigenvalue weighted by molar-refractivity contribution is 0.584. The van der Waals surface area contributed by atoms with Crippen molar-refractivity contribution in [3.8, 4) is 0 Å². The first-order valence-electron chi connectivity index (χ1n) is 8.79. The molecule has 4 nitrogen and oxygen atoms in total. The van der Waals surface area contributed by atoms with Crippen LogP contribution in [0.1, 0.15) is 23.1 Å². The van der Waals surface area contributed by atoms with Crippen LogP contribution < -0.4 is 4.83 Å². The molecule has 0 aliphatic carbocycles. The molecule has 0 aromatic heterocycles. The van der Waals surface area contributed by atoms with Crippen molar-refractivity contribution in [3.63, 3.8) is 0 Å². The summed E-state index contributed by atoms with van der Waals surface area (Å²) < 4.78 is 25.1. The predicted octanol–water partition coefficient (Wildman–Crippen LogP) is 4.31. The Morgan fingerprint density at radius 2 is 1.44 bits per heavy atom. The largest absolute Gasteiger partial charge is 0.276 e. The van der Waals surface area contributed by atoms with E-state index in [0.717, 1.165) is 17.5 Å². The number of hydrazone groups is 1. The van der Waals surface area contributed by atoms with Gasteiger partial charge in [0.15, 0.2) is 0 Å². The summed E-state index contributed by atoms with van der Waals surface area (Å²) in [5.41, 5.74) is 3.79. The molecule has 0 saturated heterocycles. The standard InChI is InChI=1S/C22H22N2O2S/c1-18-12-15-21(16-13-18)27(25,26)24-23-22(20-10-6-3-7-11-20)17-14-19-8-4-2-5-9-19/h2-13,15-16,24H,14,17H2,1H3. The van der Waals surface area contributed by atoms with Gasteiger partial charge in [0, 0.05) is 0 Å². The van der Waals surface area contributed by atoms with Gasteiger partial charge in [-0.2, -0.15) is 18.4 Å². The molecule has 0 radical (unpaired) electrons. The minimum atomic E-state index is -3.70. The van der Waals surface area contributed by atoms with Crippen molar-refractivity contribution in [1.82, 2.24) is 4.83 Å². The van der Waals surface area contributed by atoms with Crippen molar-refractivity contribution < 1.29 is 8.42 Å². The molecule has 138 valence electrons. The van der Waals surface area contributed by atoms with Gasteiger partial charge in [-0.25, -0.2) is 0 Å². The molecule has 0 bridgehead atoms. The fourth-order valence-corrected chi connectivity index (χ4v) is 3.52. The highest BCUT2D eigenvalue weighted by atomic mass is 32.2. The lowest BCUT2D eigenvalue weighted by atomic mass is 10.0. The summed E-state index contributed by atoms with van der Waals surface area (Å²) in [7, 11) is -3.70. The molecule has 0 fully saturated rings. The summed E-state index contributed by atoms with van der Waals surface area (Å²) in [6.07, 6.45) is 1.41. The minimum Gasteiger partial charge on any atom is -0.200 e. The molecule has 0 saturated carbocycles. The molecule has 0 heterocycles. The van der Waals surface area contributed by atoms with Gasteiger partial charge in [-0.05, 0) is 43.0 Å². The summed E-state index contributed by atoms with van der Waals surface area (Å²) in [5, 5.41) is 4.26. The third kappa shape index (κ3) is 5.28. The van der Waals surface area contributed by atoms with Crippen LogP contribution in [-0.4, -0.2) is 14.1 Å². The second-order valence-electron chi connectivity index (χ2n) is 6.32. The maximum absolute atomic E-state index is 12.5. The Morgan fingerprint density at radius 1 is 0.852 bits per heavy atom. The van der Waals surface area contributed by atoms with Gasteiger partial charge in [-0.15, -0.1) is 0 Å². The molecule has 3 aromatic carbocycles. The van der Waals surface area contributed by atoms with Crippen LogP contribution in [-0.2, 0) is 16.4 Å². The second kappa shape index (κ2) is 8.64. The molecule has 0 spiro atoms. The normalized spacial score (nSPS) is 12.0. The van der Waals surface area contributed by atoms with Crippen molar-refractivity contribution in [1.29, 1.82) is 0 Å². The predicted molar refractivity (Wildman–Crippen MR) is 109 cm³/mol. The Balaban J connectivity index is 1.82. The molecule has 1 N–H and O–H groups in total. The molecule has 3 aromatic rings. The molecule has 0 amide bonds. The van der Waals surface area contributed by atoms with Crippen LogP contribution in [0.4, 0.5) is 0 Å². The molecule has 0 unspecified atom stereocenters. The molecule has 5 heteroatoms. The van der Waals surface area contributed by atoms with Crippen LogP contribution in [0, 0.1) is 6.92 Å². The van der Waals surface area contributed by atoms with E-state index in [0.29, 0.717) is 12.1 Å². The van der Waals surface area contributed by atoms with E-state index in [4.69, 9.17) is 0 Å². The van der Waals surface area contributed by atoms with E-state index in [2.05, 4.69) is 22.1 Å². The number of rotatable bonds is 7. The molecule has 0 aliphatic rings. The molecule has 0 aliphatic heterocycles. The Hall–Kier alpha value is -2.92. The van der Waals surface area contributed by atoms with Crippen LogP contribution in [0.25, 0.3) is 0 Å². The zero-order valence-corrected chi connectivity index (χ0v) is 16.0. The first-order valence-corrected chi connectivity index (χ1v) is 10.3. The zero-order chi connectivity index (χ0) is 19.1. The Bertz CT molecular complexity index is 997. The van der Waals surface area contributed by atoms with E-state index >= 15 is 0 Å². The van der Waals surface area contributed by atoms with Crippen molar-refractivity contribution in [3.05, 3.63) is 102 Å². The molecular weight excluding hydrogens is 356 g/mol. The highest BCUT2D eigenvalue weighted by Crippen LogP contribution is 2.12. The van der Waals surface area contributed by atoms with Crippen molar-refractivity contribution in [2.75, 3.05) is 0 Å². The lowest BCUT2D eigenvalue weighted by Gasteiger charge is -2.09. The third-order valence-corrected chi connectivity index (χ3v) is 5.46. The maximum Gasteiger partial charge on any atom is 0.276 e. The molecule has 0 atom stereocenters. The zero-order valence-electron chi connectivity index (χ0n) is 15.2. The van der Waals surface area contributed by atoms with Crippen molar-refractivity contribution in [2.45, 2.75) is 24.7 Å². The van der Waals surface area contributed by atoms with Gasteiger partial charge in [0.2, 0.25) is 0 Å². The lowest BCUT2D eigenvalue weighted by Crippen LogP contribution is -2.21. The monoisotopic (exact) mass is 378 g/mol. The van der Waals surface area contributed by atoms with E-state index < -0.39 is 10.0 Å². The van der Waals surface area contributed by atoms with Gasteiger partial charge in [0.1, 0.15) is 0 Å². The fraction of sp³-hybridized carbons (Fsp3) is 0.136. The third-order valence-electron chi connectivity index (χ3n) is 4.23. The van der Waals surface area contributed by atoms with Gasteiger partial charge < -0.3 is 0 Å².